The van der Waals surface area contributed by atoms with E-state index >= 15 is 0 Å². The van der Waals surface area contributed by atoms with Gasteiger partial charge in [-0.1, -0.05) is 25.3 Å². The van der Waals surface area contributed by atoms with Gasteiger partial charge in [-0.25, -0.2) is 4.79 Å². The van der Waals surface area contributed by atoms with Crippen molar-refractivity contribution in [2.75, 3.05) is 6.54 Å². The molecule has 1 rings (SSSR count). The van der Waals surface area contributed by atoms with Crippen molar-refractivity contribution in [1.82, 2.24) is 5.32 Å². The van der Waals surface area contributed by atoms with Crippen LogP contribution in [0.3, 0.4) is 0 Å². The van der Waals surface area contributed by atoms with Gasteiger partial charge in [-0.3, -0.25) is 4.79 Å². The summed E-state index contributed by atoms with van der Waals surface area (Å²) in [5.41, 5.74) is 0. The number of rotatable bonds is 6. The van der Waals surface area contributed by atoms with E-state index in [0.29, 0.717) is 0 Å². The Labute approximate surface area is 95.2 Å². The summed E-state index contributed by atoms with van der Waals surface area (Å²) in [5, 5.41) is 17.3. The predicted molar refractivity (Wildman–Crippen MR) is 60.4 cm³/mol. The normalized spacial score (nSPS) is 13.2. The van der Waals surface area contributed by atoms with E-state index in [-0.39, 0.29) is 0 Å². The minimum atomic E-state index is -1.33. The molecule has 3 N–H and O–H groups in total. The average molecular weight is 229 g/mol. The zero-order chi connectivity index (χ0) is 12.4. The van der Waals surface area contributed by atoms with E-state index in [9.17, 15) is 9.59 Å². The monoisotopic (exact) mass is 229 g/mol. The van der Waals surface area contributed by atoms with Crippen LogP contribution in [-0.2, 0) is 4.79 Å². The van der Waals surface area contributed by atoms with Crippen LogP contribution in [0.5, 0.6) is 0 Å². The van der Waals surface area contributed by atoms with Crippen molar-refractivity contribution in [1.29, 1.82) is 0 Å². The summed E-state index contributed by atoms with van der Waals surface area (Å²) >= 11 is 0. The number of aliphatic carboxylic acids is 1. The van der Waals surface area contributed by atoms with E-state index in [1.54, 1.807) is 5.32 Å². The summed E-state index contributed by atoms with van der Waals surface area (Å²) < 4.78 is 0. The van der Waals surface area contributed by atoms with Crippen LogP contribution >= 0.6 is 0 Å². The molecule has 1 aliphatic carbocycles. The fraction of sp³-hybridized carbons (Fsp3) is 0.636. The van der Waals surface area contributed by atoms with Crippen molar-refractivity contribution in [2.24, 2.45) is 5.92 Å². The molecule has 0 radical (unpaired) electrons. The summed E-state index contributed by atoms with van der Waals surface area (Å²) in [5.74, 6) is -0.0812. The third kappa shape index (κ3) is 12.5. The molecule has 0 heterocycles. The number of carboxylic acid groups (broad SMARTS) is 2. The molecule has 0 aromatic heterocycles. The Morgan fingerprint density at radius 3 is 2.31 bits per heavy atom. The molecule has 0 aromatic carbocycles. The highest BCUT2D eigenvalue weighted by Crippen LogP contribution is 2.33. The maximum Gasteiger partial charge on any atom is 0.405 e. The molecule has 0 aliphatic heterocycles. The number of allylic oxidation sites excluding steroid dienone is 1. The fourth-order valence-corrected chi connectivity index (χ4v) is 1.11. The van der Waals surface area contributed by atoms with Crippen LogP contribution in [0.2, 0.25) is 0 Å². The second-order valence-electron chi connectivity index (χ2n) is 3.72. The maximum absolute atomic E-state index is 9.58. The van der Waals surface area contributed by atoms with Crippen molar-refractivity contribution in [2.45, 2.75) is 32.1 Å². The van der Waals surface area contributed by atoms with E-state index in [4.69, 9.17) is 10.2 Å². The number of nitrogens with one attached hydrogen (secondary N) is 1. The van der Waals surface area contributed by atoms with Crippen LogP contribution in [0.25, 0.3) is 0 Å². The Hall–Kier alpha value is -1.52. The lowest BCUT2D eigenvalue weighted by Crippen LogP contribution is -2.27. The van der Waals surface area contributed by atoms with Crippen molar-refractivity contribution in [3.8, 4) is 0 Å². The Kier molecular flexibility index (Phi) is 7.93. The third-order valence-corrected chi connectivity index (χ3v) is 2.11. The molecule has 5 nitrogen and oxygen atoms in total. The largest absolute Gasteiger partial charge is 0.480 e. The highest BCUT2D eigenvalue weighted by atomic mass is 16.4. The Morgan fingerprint density at radius 1 is 1.38 bits per heavy atom. The zero-order valence-electron chi connectivity index (χ0n) is 9.32. The molecule has 1 saturated carbocycles. The second kappa shape index (κ2) is 8.76. The lowest BCUT2D eigenvalue weighted by Gasteiger charge is -1.90. The van der Waals surface area contributed by atoms with Crippen molar-refractivity contribution in [3.63, 3.8) is 0 Å². The number of amides is 1. The molecule has 0 unspecified atom stereocenters. The van der Waals surface area contributed by atoms with E-state index in [0.717, 1.165) is 5.92 Å². The maximum atomic E-state index is 9.58. The van der Waals surface area contributed by atoms with Crippen molar-refractivity contribution in [3.05, 3.63) is 12.7 Å². The van der Waals surface area contributed by atoms with Gasteiger partial charge in [-0.2, -0.15) is 0 Å². The number of hydrogen-bond donors (Lipinski definition) is 3. The molecule has 5 heteroatoms. The first-order valence-electron chi connectivity index (χ1n) is 5.35. The molecule has 1 amide bonds. The van der Waals surface area contributed by atoms with E-state index < -0.39 is 18.6 Å². The van der Waals surface area contributed by atoms with Gasteiger partial charge in [-0.05, 0) is 18.8 Å². The number of unbranched alkanes of at least 4 members (excludes halogenated alkanes) is 1. The van der Waals surface area contributed by atoms with Gasteiger partial charge in [-0.15, -0.1) is 6.58 Å². The highest BCUT2D eigenvalue weighted by Gasteiger charge is 2.19. The summed E-state index contributed by atoms with van der Waals surface area (Å²) in [6.45, 7) is 3.13. The SMILES string of the molecule is C=CCCCC1CC1.O=C(O)CNC(=O)O. The lowest BCUT2D eigenvalue weighted by molar-refractivity contribution is -0.135. The summed E-state index contributed by atoms with van der Waals surface area (Å²) in [4.78, 5) is 19.1. The quantitative estimate of drug-likeness (QED) is 0.481. The lowest BCUT2D eigenvalue weighted by atomic mass is 10.2. The summed E-state index contributed by atoms with van der Waals surface area (Å²) in [7, 11) is 0. The van der Waals surface area contributed by atoms with Crippen LogP contribution in [0, 0.1) is 5.92 Å². The van der Waals surface area contributed by atoms with Gasteiger partial charge in [0.25, 0.3) is 0 Å². The summed E-state index contributed by atoms with van der Waals surface area (Å²) in [6.07, 6.45) is 7.72. The first kappa shape index (κ1) is 14.5. The smallest absolute Gasteiger partial charge is 0.405 e. The van der Waals surface area contributed by atoms with Crippen LogP contribution < -0.4 is 5.32 Å². The third-order valence-electron chi connectivity index (χ3n) is 2.11. The van der Waals surface area contributed by atoms with Crippen molar-refractivity contribution < 1.29 is 19.8 Å². The van der Waals surface area contributed by atoms with Gasteiger partial charge >= 0.3 is 12.1 Å². The van der Waals surface area contributed by atoms with Crippen molar-refractivity contribution >= 4 is 12.1 Å². The standard InChI is InChI=1S/C8H14.C3H5NO4/c1-2-3-4-5-8-6-7-8;5-2(6)1-4-3(7)8/h2,8H,1,3-7H2;4H,1H2,(H,5,6)(H,7,8). The fourth-order valence-electron chi connectivity index (χ4n) is 1.11. The summed E-state index contributed by atoms with van der Waals surface area (Å²) in [6, 6.07) is 0. The molecule has 0 bridgehead atoms. The van der Waals surface area contributed by atoms with Gasteiger partial charge < -0.3 is 15.5 Å². The van der Waals surface area contributed by atoms with Crippen LogP contribution in [0.4, 0.5) is 4.79 Å². The zero-order valence-corrected chi connectivity index (χ0v) is 9.32. The average Bonchev–Trinajstić information content (AvgIpc) is 3.00. The second-order valence-corrected chi connectivity index (χ2v) is 3.72. The molecule has 0 spiro atoms. The minimum Gasteiger partial charge on any atom is -0.480 e. The predicted octanol–water partition coefficient (Wildman–Crippen LogP) is 2.09. The van der Waals surface area contributed by atoms with E-state index in [1.165, 1.54) is 32.1 Å². The van der Waals surface area contributed by atoms with Crippen LogP contribution in [0.1, 0.15) is 32.1 Å². The number of hydrogen-bond acceptors (Lipinski definition) is 2. The van der Waals surface area contributed by atoms with Gasteiger partial charge in [0.05, 0.1) is 0 Å². The molecule has 92 valence electrons. The number of carbonyl (C=O) groups is 2. The van der Waals surface area contributed by atoms with Crippen LogP contribution in [0.15, 0.2) is 12.7 Å². The van der Waals surface area contributed by atoms with Gasteiger partial charge in [0.1, 0.15) is 6.54 Å². The van der Waals surface area contributed by atoms with Gasteiger partial charge in [0, 0.05) is 0 Å². The Morgan fingerprint density at radius 2 is 2.00 bits per heavy atom. The molecule has 0 aromatic rings. The molecule has 0 atom stereocenters. The first-order chi connectivity index (χ1) is 7.56. The molecule has 1 fully saturated rings. The Balaban J connectivity index is 0.000000281. The molecule has 0 saturated heterocycles. The first-order valence-corrected chi connectivity index (χ1v) is 5.35. The molecule has 1 aliphatic rings. The molecular formula is C11H19NO4. The highest BCUT2D eigenvalue weighted by molar-refractivity contribution is 5.75. The van der Waals surface area contributed by atoms with Gasteiger partial charge in [0.2, 0.25) is 0 Å². The van der Waals surface area contributed by atoms with Crippen LogP contribution in [-0.4, -0.2) is 28.8 Å². The minimum absolute atomic E-state index is 0.546. The van der Waals surface area contributed by atoms with E-state index in [2.05, 4.69) is 6.58 Å². The van der Waals surface area contributed by atoms with Gasteiger partial charge in [0.15, 0.2) is 0 Å². The Bertz CT molecular complexity index is 222. The molecule has 16 heavy (non-hydrogen) atoms. The topological polar surface area (TPSA) is 86.6 Å². The number of carboxylic acids is 1. The molecular weight excluding hydrogens is 210 g/mol. The van der Waals surface area contributed by atoms with E-state index in [1.807, 2.05) is 6.08 Å².